The Balaban J connectivity index is 0.00000121. The molecule has 12 heavy (non-hydrogen) atoms. The summed E-state index contributed by atoms with van der Waals surface area (Å²) in [5.74, 6) is 0. The minimum atomic E-state index is -4.26. The molecule has 0 aliphatic rings. The molecule has 0 spiro atoms. The second kappa shape index (κ2) is 4.93. The van der Waals surface area contributed by atoms with Crippen molar-refractivity contribution < 1.29 is 64.6 Å². The van der Waals surface area contributed by atoms with Crippen molar-refractivity contribution in [3.8, 4) is 0 Å². The third-order valence-electron chi connectivity index (χ3n) is 1.18. The molecule has 0 unspecified atom stereocenters. The van der Waals surface area contributed by atoms with Crippen LogP contribution in [0.1, 0.15) is 5.56 Å². The summed E-state index contributed by atoms with van der Waals surface area (Å²) in [6, 6.07) is 4.47. The van der Waals surface area contributed by atoms with Gasteiger partial charge in [-0.2, -0.15) is 18.1 Å². The van der Waals surface area contributed by atoms with E-state index in [1.165, 1.54) is 12.1 Å². The normalized spacial score (nSPS) is 10.6. The monoisotopic (exact) mass is 216 g/mol. The van der Waals surface area contributed by atoms with Crippen LogP contribution in [0.5, 0.6) is 0 Å². The maximum Gasteiger partial charge on any atom is 1.00 e. The Hall–Kier alpha value is 0.866. The molecule has 60 valence electrons. The second-order valence-electron chi connectivity index (χ2n) is 2.02. The second-order valence-corrected chi connectivity index (χ2v) is 2.49. The van der Waals surface area contributed by atoms with Gasteiger partial charge in [0.2, 0.25) is 0 Å². The number of benzene rings is 1. The van der Waals surface area contributed by atoms with Gasteiger partial charge < -0.3 is 12.6 Å². The van der Waals surface area contributed by atoms with Crippen LogP contribution in [0.2, 0.25) is 0 Å². The van der Waals surface area contributed by atoms with Crippen LogP contribution in [0.15, 0.2) is 29.2 Å². The predicted molar refractivity (Wildman–Crippen MR) is 37.1 cm³/mol. The molecule has 1 aromatic rings. The van der Waals surface area contributed by atoms with Gasteiger partial charge in [0.15, 0.2) is 0 Å². The van der Waals surface area contributed by atoms with Crippen LogP contribution in [0.3, 0.4) is 0 Å². The van der Waals surface area contributed by atoms with E-state index >= 15 is 0 Å². The molecular weight excluding hydrogens is 212 g/mol. The fraction of sp³-hybridized carbons (Fsp3) is 0.143. The zero-order chi connectivity index (χ0) is 8.48. The van der Waals surface area contributed by atoms with Gasteiger partial charge in [-0.15, -0.1) is 0 Å². The van der Waals surface area contributed by atoms with E-state index in [1.54, 1.807) is 0 Å². The van der Waals surface area contributed by atoms with E-state index in [4.69, 9.17) is 0 Å². The molecule has 1 aromatic carbocycles. The molecule has 0 aliphatic heterocycles. The summed E-state index contributed by atoms with van der Waals surface area (Å²) in [7, 11) is 0. The van der Waals surface area contributed by atoms with Crippen LogP contribution < -0.4 is 51.4 Å². The first kappa shape index (κ1) is 12.9. The molecule has 0 radical (unpaired) electrons. The van der Waals surface area contributed by atoms with Crippen molar-refractivity contribution in [3.63, 3.8) is 0 Å². The predicted octanol–water partition coefficient (Wildman–Crippen LogP) is -0.385. The maximum absolute atomic E-state index is 11.9. The fourth-order valence-corrected chi connectivity index (χ4v) is 0.780. The van der Waals surface area contributed by atoms with Gasteiger partial charge >= 0.3 is 57.6 Å². The van der Waals surface area contributed by atoms with E-state index < -0.39 is 11.7 Å². The van der Waals surface area contributed by atoms with Crippen molar-refractivity contribution in [1.82, 2.24) is 0 Å². The van der Waals surface area contributed by atoms with E-state index in [2.05, 4.69) is 12.6 Å². The summed E-state index contributed by atoms with van der Waals surface area (Å²) in [5, 5.41) is 0. The molecule has 0 saturated heterocycles. The van der Waals surface area contributed by atoms with Gasteiger partial charge in [-0.25, -0.2) is 0 Å². The third kappa shape index (κ3) is 3.72. The quantitative estimate of drug-likeness (QED) is 0.421. The number of rotatable bonds is 0. The first-order valence-corrected chi connectivity index (χ1v) is 3.25. The molecule has 5 heteroatoms. The van der Waals surface area contributed by atoms with Gasteiger partial charge in [0.05, 0.1) is 5.56 Å². The summed E-state index contributed by atoms with van der Waals surface area (Å²) >= 11 is 4.63. The van der Waals surface area contributed by atoms with E-state index in [9.17, 15) is 13.2 Å². The standard InChI is InChI=1S/C7H5F3S.K/c8-7(9,10)5-1-3-6(11)4-2-5;/h1-4,11H;/q;+1/p-1. The molecule has 0 bridgehead atoms. The van der Waals surface area contributed by atoms with Crippen molar-refractivity contribution in [3.05, 3.63) is 29.8 Å². The van der Waals surface area contributed by atoms with E-state index in [0.717, 1.165) is 12.1 Å². The average Bonchev–Trinajstić information content (AvgIpc) is 1.86. The first-order chi connectivity index (χ1) is 5.00. The largest absolute Gasteiger partial charge is 1.00 e. The first-order valence-electron chi connectivity index (χ1n) is 2.84. The zero-order valence-corrected chi connectivity index (χ0v) is 10.3. The molecule has 0 aliphatic carbocycles. The zero-order valence-electron chi connectivity index (χ0n) is 6.35. The minimum absolute atomic E-state index is 0. The van der Waals surface area contributed by atoms with Gasteiger partial charge in [-0.05, 0) is 0 Å². The molecule has 0 fully saturated rings. The Labute approximate surface area is 116 Å². The summed E-state index contributed by atoms with van der Waals surface area (Å²) in [6.07, 6.45) is -4.26. The Bertz CT molecular complexity index is 242. The summed E-state index contributed by atoms with van der Waals surface area (Å²) in [4.78, 5) is 0.415. The van der Waals surface area contributed by atoms with Crippen LogP contribution in [0.25, 0.3) is 0 Å². The Morgan fingerprint density at radius 3 is 1.75 bits per heavy atom. The number of halogens is 3. The topological polar surface area (TPSA) is 0 Å². The number of hydrogen-bond acceptors (Lipinski definition) is 1. The van der Waals surface area contributed by atoms with Crippen LogP contribution in [-0.2, 0) is 18.8 Å². The van der Waals surface area contributed by atoms with Crippen molar-refractivity contribution in [1.29, 1.82) is 0 Å². The summed E-state index contributed by atoms with van der Waals surface area (Å²) < 4.78 is 35.7. The molecule has 1 rings (SSSR count). The smallest absolute Gasteiger partial charge is 0.780 e. The summed E-state index contributed by atoms with van der Waals surface area (Å²) in [5.41, 5.74) is -0.661. The van der Waals surface area contributed by atoms with Gasteiger partial charge in [0.1, 0.15) is 0 Å². The molecule has 0 aromatic heterocycles. The Morgan fingerprint density at radius 2 is 1.42 bits per heavy atom. The van der Waals surface area contributed by atoms with Gasteiger partial charge in [-0.1, -0.05) is 24.3 Å². The molecule has 0 heterocycles. The van der Waals surface area contributed by atoms with Crippen LogP contribution in [0.4, 0.5) is 13.2 Å². The average molecular weight is 216 g/mol. The molecule has 0 saturated carbocycles. The van der Waals surface area contributed by atoms with Gasteiger partial charge in [-0.3, -0.25) is 0 Å². The van der Waals surface area contributed by atoms with Gasteiger partial charge in [0.25, 0.3) is 0 Å². The van der Waals surface area contributed by atoms with E-state index in [1.807, 2.05) is 0 Å². The number of hydrogen-bond donors (Lipinski definition) is 0. The van der Waals surface area contributed by atoms with Crippen molar-refractivity contribution in [2.24, 2.45) is 0 Å². The Kier molecular flexibility index (Phi) is 5.28. The Morgan fingerprint density at radius 1 is 1.00 bits per heavy atom. The van der Waals surface area contributed by atoms with E-state index in [0.29, 0.717) is 4.90 Å². The molecule has 0 N–H and O–H groups in total. The fourth-order valence-electron chi connectivity index (χ4n) is 0.644. The minimum Gasteiger partial charge on any atom is -0.780 e. The molecule has 0 amide bonds. The van der Waals surface area contributed by atoms with Crippen molar-refractivity contribution >= 4 is 12.6 Å². The molecule has 0 nitrogen and oxygen atoms in total. The summed E-state index contributed by atoms with van der Waals surface area (Å²) in [6.45, 7) is 0. The SMILES string of the molecule is FC(F)(F)c1ccc([S-])cc1.[K+]. The van der Waals surface area contributed by atoms with Crippen LogP contribution in [0, 0.1) is 0 Å². The van der Waals surface area contributed by atoms with Crippen LogP contribution >= 0.6 is 0 Å². The van der Waals surface area contributed by atoms with Crippen molar-refractivity contribution in [2.75, 3.05) is 0 Å². The van der Waals surface area contributed by atoms with Gasteiger partial charge in [0, 0.05) is 0 Å². The van der Waals surface area contributed by atoms with E-state index in [-0.39, 0.29) is 51.4 Å². The van der Waals surface area contributed by atoms with Crippen LogP contribution in [-0.4, -0.2) is 0 Å². The number of alkyl halides is 3. The molecule has 0 atom stereocenters. The molecular formula is C7H4F3KS. The maximum atomic E-state index is 11.9. The van der Waals surface area contributed by atoms with Crippen molar-refractivity contribution in [2.45, 2.75) is 11.1 Å². The third-order valence-corrected chi connectivity index (χ3v) is 1.45.